The number of rotatable bonds is 40. The molecule has 0 unspecified atom stereocenters. The molecule has 0 N–H and O–H groups in total. The Morgan fingerprint density at radius 1 is 0.186 bits per heavy atom. The minimum atomic E-state index is -0.463. The van der Waals surface area contributed by atoms with Crippen molar-refractivity contribution in [3.05, 3.63) is 389 Å². The number of hydrogen-bond donors (Lipinski definition) is 0. The van der Waals surface area contributed by atoms with Crippen LogP contribution in [0.5, 0.6) is 46.0 Å². The highest BCUT2D eigenvalue weighted by Gasteiger charge is 2.37. The van der Waals surface area contributed by atoms with Crippen molar-refractivity contribution in [3.63, 3.8) is 0 Å². The van der Waals surface area contributed by atoms with Crippen molar-refractivity contribution in [2.24, 2.45) is 0 Å². The van der Waals surface area contributed by atoms with E-state index >= 15 is 0 Å². The Kier molecular flexibility index (Phi) is 32.2. The molecule has 704 valence electrons. The molecule has 0 atom stereocenters. The molecule has 0 bridgehead atoms. The van der Waals surface area contributed by atoms with Crippen LogP contribution in [-0.4, -0.2) is 147 Å². The first-order chi connectivity index (χ1) is 67.7. The van der Waals surface area contributed by atoms with E-state index in [1.165, 1.54) is 97.2 Å². The van der Waals surface area contributed by atoms with E-state index < -0.39 is 94.5 Å². The molecule has 8 aromatic carbocycles. The number of nitrogens with zero attached hydrogens (tertiary/aromatic N) is 8. The first-order valence-electron chi connectivity index (χ1n) is 43.1. The van der Waals surface area contributed by atoms with Crippen molar-refractivity contribution in [1.82, 2.24) is 0 Å². The normalized spacial score (nSPS) is 14.7. The van der Waals surface area contributed by atoms with Crippen LogP contribution in [0.2, 0.25) is 0 Å². The van der Waals surface area contributed by atoms with E-state index in [4.69, 9.17) is 37.9 Å². The SMILES string of the molecule is C=CCOc1cc(Cc2ccc(N3C(=O)C=CC3=O)c(OCC=C)c2)ccc1N1C(=O)C=CC1=O.C=CCOc1cc(Cc2cccc(OCC=C)c2N2C(=O)C=CC2=O)ccc1N1C(=O)C=CC1=O.C=CCOc1cc(N2C(=O)C=CC2=O)ccc1Cc1ccc(N2C(=O)C=CC2=O)cc1OCC=C.C=CCOc1ccc(Cc2ccc(OCC=C)c(N3C(=O)C=CC3=O)c2)cc1N1C(=O)C=CC1=O. The van der Waals surface area contributed by atoms with E-state index in [0.717, 1.165) is 78.1 Å². The Labute approximate surface area is 802 Å². The van der Waals surface area contributed by atoms with Gasteiger partial charge in [0.1, 0.15) is 98.9 Å². The molecule has 0 saturated carbocycles. The summed E-state index contributed by atoms with van der Waals surface area (Å²) >= 11 is 0. The van der Waals surface area contributed by atoms with Crippen LogP contribution in [0, 0.1) is 0 Å². The Morgan fingerprint density at radius 3 is 0.714 bits per heavy atom. The van der Waals surface area contributed by atoms with Gasteiger partial charge < -0.3 is 37.9 Å². The molecule has 8 aromatic rings. The third kappa shape index (κ3) is 22.8. The van der Waals surface area contributed by atoms with Gasteiger partial charge in [-0.05, 0) is 143 Å². The maximum atomic E-state index is 12.5. The van der Waals surface area contributed by atoms with Crippen molar-refractivity contribution in [1.29, 1.82) is 0 Å². The standard InChI is InChI=1S/4C27H22N2O6/c1-3-13-34-22-16-20(28-24(30)9-10-25(28)31)7-5-18(22)15-19-6-8-21(17-23(19)35-14-4-2)29-26(32)11-12-27(29)33;1-3-13-34-22-7-5-18(16-20(22)28-24(30)9-10-25(28)31)15-19-6-8-23(35-14-4-2)21(17-19)29-26(32)11-12-27(29)33;1-3-13-34-22-16-18(5-7-20(22)28-24(30)9-10-25(28)31)15-19-6-8-21(23(17-19)35-14-4-2)29-26(32)11-12-27(29)33;1-3-14-34-21-7-5-6-19(27(21)29-25(32)12-13-26(29)33)16-18-8-9-20(22(17-18)35-15-4-2)28-23(30)10-11-24(28)31/h3*3-12,16-17H,1-2,13-15H2;3-13,17H,1-2,14-16H2. The van der Waals surface area contributed by atoms with Crippen LogP contribution in [0.1, 0.15) is 44.5 Å². The van der Waals surface area contributed by atoms with Crippen LogP contribution >= 0.6 is 0 Å². The van der Waals surface area contributed by atoms with Gasteiger partial charge in [-0.2, -0.15) is 0 Å². The van der Waals surface area contributed by atoms with E-state index in [0.29, 0.717) is 123 Å². The molecule has 8 heterocycles. The van der Waals surface area contributed by atoms with Gasteiger partial charge >= 0.3 is 0 Å². The summed E-state index contributed by atoms with van der Waals surface area (Å²) in [6.45, 7) is 30.8. The van der Waals surface area contributed by atoms with E-state index in [1.807, 2.05) is 12.1 Å². The fraction of sp³-hybridized carbons (Fsp3) is 0.111. The quantitative estimate of drug-likeness (QED) is 0.0254. The number of amides is 16. The number of carbonyl (C=O) groups excluding carboxylic acids is 16. The molecule has 140 heavy (non-hydrogen) atoms. The number of carbonyl (C=O) groups is 16. The average Bonchev–Trinajstić information content (AvgIpc) is 1.53. The second-order valence-corrected chi connectivity index (χ2v) is 30.6. The second kappa shape index (κ2) is 45.7. The maximum absolute atomic E-state index is 12.5. The summed E-state index contributed by atoms with van der Waals surface area (Å²) in [5, 5.41) is 0. The van der Waals surface area contributed by atoms with Gasteiger partial charge in [0.25, 0.3) is 94.5 Å². The largest absolute Gasteiger partial charge is 0.489 e. The first-order valence-corrected chi connectivity index (χ1v) is 43.1. The zero-order valence-corrected chi connectivity index (χ0v) is 75.2. The Balaban J connectivity index is 0.000000157. The molecule has 16 rings (SSSR count). The molecule has 8 aliphatic heterocycles. The van der Waals surface area contributed by atoms with Gasteiger partial charge in [-0.1, -0.05) is 156 Å². The number of ether oxygens (including phenoxy) is 8. The number of benzene rings is 8. The Morgan fingerprint density at radius 2 is 0.421 bits per heavy atom. The van der Waals surface area contributed by atoms with Gasteiger partial charge in [-0.3, -0.25) is 76.7 Å². The second-order valence-electron chi connectivity index (χ2n) is 30.6. The average molecular weight is 1880 g/mol. The fourth-order valence-electron chi connectivity index (χ4n) is 15.1. The summed E-state index contributed by atoms with van der Waals surface area (Å²) in [5.41, 5.74) is 9.00. The van der Waals surface area contributed by atoms with Crippen LogP contribution in [0.3, 0.4) is 0 Å². The van der Waals surface area contributed by atoms with Gasteiger partial charge in [-0.15, -0.1) is 0 Å². The third-order valence-corrected chi connectivity index (χ3v) is 21.2. The highest BCUT2D eigenvalue weighted by Crippen LogP contribution is 2.43. The number of imide groups is 8. The molecular formula is C108H88N8O24. The molecule has 8 aliphatic rings. The minimum absolute atomic E-state index is 0.165. The molecular weight excluding hydrogens is 1790 g/mol. The molecule has 0 aromatic heterocycles. The minimum Gasteiger partial charge on any atom is -0.489 e. The van der Waals surface area contributed by atoms with Crippen molar-refractivity contribution in [2.45, 2.75) is 25.7 Å². The monoisotopic (exact) mass is 1880 g/mol. The Bertz CT molecular complexity index is 6380. The van der Waals surface area contributed by atoms with E-state index in [2.05, 4.69) is 52.6 Å². The lowest BCUT2D eigenvalue weighted by Gasteiger charge is -2.22. The summed E-state index contributed by atoms with van der Waals surface area (Å²) in [6, 6.07) is 41.3. The number of para-hydroxylation sites is 1. The maximum Gasteiger partial charge on any atom is 0.258 e. The summed E-state index contributed by atoms with van der Waals surface area (Å²) in [4.78, 5) is 204. The number of hydrogen-bond acceptors (Lipinski definition) is 24. The Hall–Kier alpha value is -18.9. The highest BCUT2D eigenvalue weighted by atomic mass is 16.5. The lowest BCUT2D eigenvalue weighted by molar-refractivity contribution is -0.121. The van der Waals surface area contributed by atoms with Gasteiger partial charge in [0.15, 0.2) is 0 Å². The molecule has 0 aliphatic carbocycles. The van der Waals surface area contributed by atoms with Gasteiger partial charge in [0.05, 0.1) is 45.5 Å². The zero-order chi connectivity index (χ0) is 99.8. The molecule has 16 amide bonds. The van der Waals surface area contributed by atoms with Gasteiger partial charge in [0.2, 0.25) is 0 Å². The topological polar surface area (TPSA) is 373 Å². The lowest BCUT2D eigenvalue weighted by Crippen LogP contribution is -2.31. The van der Waals surface area contributed by atoms with Crippen molar-refractivity contribution in [2.75, 3.05) is 92.1 Å². The van der Waals surface area contributed by atoms with Crippen LogP contribution in [0.25, 0.3) is 0 Å². The molecule has 0 fully saturated rings. The first kappa shape index (κ1) is 98.6. The highest BCUT2D eigenvalue weighted by molar-refractivity contribution is 6.34. The van der Waals surface area contributed by atoms with E-state index in [9.17, 15) is 76.7 Å². The lowest BCUT2D eigenvalue weighted by atomic mass is 10.0. The van der Waals surface area contributed by atoms with Crippen molar-refractivity contribution < 1.29 is 115 Å². The van der Waals surface area contributed by atoms with Crippen molar-refractivity contribution in [3.8, 4) is 46.0 Å². The summed E-state index contributed by atoms with van der Waals surface area (Å²) in [5.74, 6) is -4.01. The van der Waals surface area contributed by atoms with Crippen LogP contribution < -0.4 is 77.1 Å². The third-order valence-electron chi connectivity index (χ3n) is 21.2. The zero-order valence-electron chi connectivity index (χ0n) is 75.2. The van der Waals surface area contributed by atoms with Crippen LogP contribution in [0.4, 0.5) is 45.5 Å². The molecule has 32 nitrogen and oxygen atoms in total. The van der Waals surface area contributed by atoms with Crippen LogP contribution in [-0.2, 0) is 102 Å². The van der Waals surface area contributed by atoms with E-state index in [-0.39, 0.29) is 52.9 Å². The summed E-state index contributed by atoms with van der Waals surface area (Å²) in [6.07, 6.45) is 33.5. The van der Waals surface area contributed by atoms with E-state index in [1.54, 1.807) is 182 Å². The molecule has 0 radical (unpaired) electrons. The predicted octanol–water partition coefficient (Wildman–Crippen LogP) is 13.1. The molecule has 0 spiro atoms. The molecule has 0 saturated heterocycles. The molecule has 32 heteroatoms. The van der Waals surface area contributed by atoms with Gasteiger partial charge in [0, 0.05) is 116 Å². The number of anilines is 8. The van der Waals surface area contributed by atoms with Crippen molar-refractivity contribution >= 4 is 140 Å². The fourth-order valence-corrected chi connectivity index (χ4v) is 15.1. The predicted molar refractivity (Wildman–Crippen MR) is 521 cm³/mol. The van der Waals surface area contributed by atoms with Gasteiger partial charge in [-0.25, -0.2) is 39.2 Å². The smallest absolute Gasteiger partial charge is 0.258 e. The summed E-state index contributed by atoms with van der Waals surface area (Å²) < 4.78 is 46.0. The van der Waals surface area contributed by atoms with Crippen LogP contribution in [0.15, 0.2) is 344 Å². The summed E-state index contributed by atoms with van der Waals surface area (Å²) in [7, 11) is 0.